The summed E-state index contributed by atoms with van der Waals surface area (Å²) in [4.78, 5) is 27.9. The van der Waals surface area contributed by atoms with E-state index in [4.69, 9.17) is 9.47 Å². The number of carbonyl (C=O) groups is 2. The van der Waals surface area contributed by atoms with Crippen molar-refractivity contribution in [3.05, 3.63) is 120 Å². The molecule has 4 aromatic rings. The Kier molecular flexibility index (Phi) is 10.3. The van der Waals surface area contributed by atoms with Crippen LogP contribution in [0.2, 0.25) is 0 Å². The minimum absolute atomic E-state index is 0.0402. The Labute approximate surface area is 250 Å². The van der Waals surface area contributed by atoms with Crippen molar-refractivity contribution in [1.29, 1.82) is 0 Å². The highest BCUT2D eigenvalue weighted by Crippen LogP contribution is 2.21. The molecule has 2 amide bonds. The molecule has 0 aliphatic carbocycles. The fraction of sp³-hybridized carbons (Fsp3) is 0.188. The van der Waals surface area contributed by atoms with Crippen LogP contribution in [0.4, 0.5) is 10.1 Å². The van der Waals surface area contributed by atoms with Crippen LogP contribution in [0.5, 0.6) is 11.5 Å². The van der Waals surface area contributed by atoms with Crippen molar-refractivity contribution >= 4 is 27.5 Å². The van der Waals surface area contributed by atoms with Gasteiger partial charge in [0.2, 0.25) is 5.91 Å². The lowest BCUT2D eigenvalue weighted by Gasteiger charge is -2.29. The lowest BCUT2D eigenvalue weighted by atomic mass is 10.1. The average molecular weight is 606 g/mol. The summed E-state index contributed by atoms with van der Waals surface area (Å²) in [6.07, 6.45) is 0. The molecule has 0 saturated carbocycles. The molecule has 0 bridgehead atoms. The Morgan fingerprint density at radius 2 is 1.53 bits per heavy atom. The largest absolute Gasteiger partial charge is 0.496 e. The highest BCUT2D eigenvalue weighted by molar-refractivity contribution is 7.92. The van der Waals surface area contributed by atoms with Crippen molar-refractivity contribution in [1.82, 2.24) is 10.2 Å². The third-order valence-electron chi connectivity index (χ3n) is 6.60. The zero-order valence-corrected chi connectivity index (χ0v) is 24.5. The maximum atomic E-state index is 13.4. The van der Waals surface area contributed by atoms with Crippen LogP contribution in [0.1, 0.15) is 18.1 Å². The first-order valence-corrected chi connectivity index (χ1v) is 14.9. The summed E-state index contributed by atoms with van der Waals surface area (Å²) >= 11 is 0. The van der Waals surface area contributed by atoms with Crippen LogP contribution in [-0.4, -0.2) is 44.9 Å². The number of anilines is 1. The maximum absolute atomic E-state index is 13.4. The van der Waals surface area contributed by atoms with Crippen LogP contribution in [0.3, 0.4) is 0 Å². The van der Waals surface area contributed by atoms with Crippen LogP contribution in [-0.2, 0) is 32.7 Å². The minimum Gasteiger partial charge on any atom is -0.496 e. The van der Waals surface area contributed by atoms with Gasteiger partial charge in [0.25, 0.3) is 15.9 Å². The van der Waals surface area contributed by atoms with Crippen molar-refractivity contribution in [2.75, 3.05) is 18.4 Å². The zero-order chi connectivity index (χ0) is 30.8. The number of nitrogens with zero attached hydrogens (tertiary/aromatic N) is 1. The minimum atomic E-state index is -3.93. The number of methoxy groups -OCH3 is 1. The van der Waals surface area contributed by atoms with Gasteiger partial charge in [0, 0.05) is 24.3 Å². The molecular weight excluding hydrogens is 573 g/mol. The number of amides is 2. The summed E-state index contributed by atoms with van der Waals surface area (Å²) in [7, 11) is -2.37. The molecule has 0 unspecified atom stereocenters. The molecule has 0 aliphatic heterocycles. The van der Waals surface area contributed by atoms with E-state index in [2.05, 4.69) is 10.0 Å². The highest BCUT2D eigenvalue weighted by atomic mass is 32.2. The van der Waals surface area contributed by atoms with Gasteiger partial charge in [-0.25, -0.2) is 12.8 Å². The fourth-order valence-electron chi connectivity index (χ4n) is 4.22. The van der Waals surface area contributed by atoms with Crippen molar-refractivity contribution in [2.24, 2.45) is 0 Å². The number of carbonyl (C=O) groups excluding carboxylic acids is 2. The van der Waals surface area contributed by atoms with Crippen molar-refractivity contribution in [3.63, 3.8) is 0 Å². The van der Waals surface area contributed by atoms with Gasteiger partial charge in [0.05, 0.1) is 12.0 Å². The van der Waals surface area contributed by atoms with E-state index in [1.807, 2.05) is 48.5 Å². The molecule has 9 nitrogen and oxygen atoms in total. The number of benzene rings is 4. The van der Waals surface area contributed by atoms with E-state index in [1.54, 1.807) is 20.1 Å². The first kappa shape index (κ1) is 31.0. The second kappa shape index (κ2) is 14.3. The van der Waals surface area contributed by atoms with Gasteiger partial charge in [0.15, 0.2) is 6.61 Å². The SMILES string of the molecule is COc1ccccc1CNC(=O)[C@@H](C)N(Cc1ccccc1)C(=O)COc1ccc(S(=O)(=O)Nc2ccc(F)cc2)cc1. The molecule has 0 spiro atoms. The monoisotopic (exact) mass is 605 g/mol. The van der Waals surface area contributed by atoms with E-state index in [0.717, 1.165) is 23.3 Å². The number of hydrogen-bond acceptors (Lipinski definition) is 6. The van der Waals surface area contributed by atoms with Crippen LogP contribution in [0.15, 0.2) is 108 Å². The Hall–Kier alpha value is -4.90. The van der Waals surface area contributed by atoms with Crippen molar-refractivity contribution < 1.29 is 31.9 Å². The van der Waals surface area contributed by atoms with Crippen LogP contribution >= 0.6 is 0 Å². The van der Waals surface area contributed by atoms with E-state index in [9.17, 15) is 22.4 Å². The lowest BCUT2D eigenvalue weighted by molar-refractivity contribution is -0.142. The number of sulfonamides is 1. The number of nitrogens with one attached hydrogen (secondary N) is 2. The molecule has 0 aliphatic rings. The summed E-state index contributed by atoms with van der Waals surface area (Å²) in [5, 5.41) is 2.87. The predicted molar refractivity (Wildman–Crippen MR) is 160 cm³/mol. The Morgan fingerprint density at radius 1 is 0.884 bits per heavy atom. The molecule has 43 heavy (non-hydrogen) atoms. The second-order valence-electron chi connectivity index (χ2n) is 9.59. The topological polar surface area (TPSA) is 114 Å². The van der Waals surface area contributed by atoms with Gasteiger partial charge in [-0.15, -0.1) is 0 Å². The fourth-order valence-corrected chi connectivity index (χ4v) is 5.28. The Morgan fingerprint density at radius 3 is 2.21 bits per heavy atom. The van der Waals surface area contributed by atoms with E-state index >= 15 is 0 Å². The molecule has 0 fully saturated rings. The number of hydrogen-bond donors (Lipinski definition) is 2. The average Bonchev–Trinajstić information content (AvgIpc) is 3.02. The molecule has 4 aromatic carbocycles. The molecule has 224 valence electrons. The van der Waals surface area contributed by atoms with Crippen molar-refractivity contribution in [3.8, 4) is 11.5 Å². The van der Waals surface area contributed by atoms with E-state index in [-0.39, 0.29) is 41.9 Å². The predicted octanol–water partition coefficient (Wildman–Crippen LogP) is 4.75. The zero-order valence-electron chi connectivity index (χ0n) is 23.7. The number of ether oxygens (including phenoxy) is 2. The van der Waals surface area contributed by atoms with Gasteiger partial charge >= 0.3 is 0 Å². The van der Waals surface area contributed by atoms with Gasteiger partial charge in [-0.2, -0.15) is 0 Å². The second-order valence-corrected chi connectivity index (χ2v) is 11.3. The standard InChI is InChI=1S/C32H32FN3O6S/c1-23(32(38)34-20-25-10-6-7-11-30(25)41-2)36(21-24-8-4-3-5-9-24)31(37)22-42-28-16-18-29(19-17-28)43(39,40)35-27-14-12-26(33)13-15-27/h3-19,23,35H,20-22H2,1-2H3,(H,34,38)/t23-/m1/s1. The summed E-state index contributed by atoms with van der Waals surface area (Å²) in [6, 6.07) is 26.3. The Bertz CT molecular complexity index is 1630. The summed E-state index contributed by atoms with van der Waals surface area (Å²) in [5.41, 5.74) is 1.85. The first-order chi connectivity index (χ1) is 20.7. The van der Waals surface area contributed by atoms with Gasteiger partial charge in [-0.3, -0.25) is 14.3 Å². The van der Waals surface area contributed by atoms with Crippen molar-refractivity contribution in [2.45, 2.75) is 31.0 Å². The van der Waals surface area contributed by atoms with Crippen LogP contribution < -0.4 is 19.5 Å². The van der Waals surface area contributed by atoms with E-state index < -0.39 is 27.8 Å². The number of rotatable bonds is 13. The summed E-state index contributed by atoms with van der Waals surface area (Å²) < 4.78 is 51.9. The quantitative estimate of drug-likeness (QED) is 0.228. The van der Waals surface area contributed by atoms with Gasteiger partial charge < -0.3 is 19.7 Å². The first-order valence-electron chi connectivity index (χ1n) is 13.4. The molecule has 4 rings (SSSR count). The normalized spacial score (nSPS) is 11.7. The summed E-state index contributed by atoms with van der Waals surface area (Å²) in [6.45, 7) is 1.67. The molecule has 11 heteroatoms. The molecule has 0 saturated heterocycles. The highest BCUT2D eigenvalue weighted by Gasteiger charge is 2.27. The third kappa shape index (κ3) is 8.55. The van der Waals surface area contributed by atoms with Crippen LogP contribution in [0.25, 0.3) is 0 Å². The molecule has 0 aromatic heterocycles. The summed E-state index contributed by atoms with van der Waals surface area (Å²) in [5.74, 6) is -0.353. The van der Waals surface area contributed by atoms with Crippen LogP contribution in [0, 0.1) is 5.82 Å². The number of para-hydroxylation sites is 1. The molecule has 2 N–H and O–H groups in total. The molecule has 1 atom stereocenters. The van der Waals surface area contributed by atoms with Gasteiger partial charge in [-0.1, -0.05) is 48.5 Å². The molecular formula is C32H32FN3O6S. The van der Waals surface area contributed by atoms with E-state index in [0.29, 0.717) is 5.75 Å². The van der Waals surface area contributed by atoms with E-state index in [1.165, 1.54) is 41.3 Å². The van der Waals surface area contributed by atoms with Gasteiger partial charge in [-0.05, 0) is 67.1 Å². The number of halogens is 1. The Balaban J connectivity index is 1.41. The molecule has 0 radical (unpaired) electrons. The maximum Gasteiger partial charge on any atom is 0.261 e. The van der Waals surface area contributed by atoms with Gasteiger partial charge in [0.1, 0.15) is 23.4 Å². The molecule has 0 heterocycles. The smallest absolute Gasteiger partial charge is 0.261 e. The third-order valence-corrected chi connectivity index (χ3v) is 8.00. The lowest BCUT2D eigenvalue weighted by Crippen LogP contribution is -2.48.